The highest BCUT2D eigenvalue weighted by molar-refractivity contribution is 6.19. The monoisotopic (exact) mass is 410 g/mol. The van der Waals surface area contributed by atoms with Crippen LogP contribution in [-0.4, -0.2) is 16.9 Å². The van der Waals surface area contributed by atoms with Gasteiger partial charge in [-0.3, -0.25) is 4.79 Å². The molecule has 154 valence electrons. The smallest absolute Gasteiger partial charge is 0.340 e. The Kier molecular flexibility index (Phi) is 5.30. The van der Waals surface area contributed by atoms with Crippen molar-refractivity contribution in [3.63, 3.8) is 0 Å². The second-order valence-electron chi connectivity index (χ2n) is 7.63. The van der Waals surface area contributed by atoms with E-state index >= 15 is 0 Å². The third-order valence-electron chi connectivity index (χ3n) is 5.51. The summed E-state index contributed by atoms with van der Waals surface area (Å²) >= 11 is 0. The Bertz CT molecular complexity index is 1280. The Morgan fingerprint density at radius 3 is 1.68 bits per heavy atom. The number of aryl methyl sites for hydroxylation is 3. The van der Waals surface area contributed by atoms with Gasteiger partial charge in [-0.15, -0.1) is 0 Å². The van der Waals surface area contributed by atoms with Gasteiger partial charge in [0.15, 0.2) is 5.78 Å². The minimum absolute atomic E-state index is 0.0731. The fraction of sp³-hybridized carbons (Fsp3) is 0.111. The van der Waals surface area contributed by atoms with E-state index < -0.39 is 5.97 Å². The lowest BCUT2D eigenvalue weighted by molar-refractivity contribution is 0.0693. The predicted molar refractivity (Wildman–Crippen MR) is 121 cm³/mol. The van der Waals surface area contributed by atoms with Crippen molar-refractivity contribution in [3.8, 4) is 22.6 Å². The molecule has 0 unspecified atom stereocenters. The molecular weight excluding hydrogens is 388 g/mol. The van der Waals surface area contributed by atoms with E-state index in [0.717, 1.165) is 16.7 Å². The van der Waals surface area contributed by atoms with Crippen LogP contribution in [0, 0.1) is 20.8 Å². The highest BCUT2D eigenvalue weighted by Gasteiger charge is 2.32. The summed E-state index contributed by atoms with van der Waals surface area (Å²) < 4.78 is 6.11. The van der Waals surface area contributed by atoms with Crippen LogP contribution in [0.15, 0.2) is 77.2 Å². The van der Waals surface area contributed by atoms with Crippen LogP contribution in [0.25, 0.3) is 22.6 Å². The van der Waals surface area contributed by atoms with Crippen molar-refractivity contribution in [2.45, 2.75) is 20.8 Å². The largest absolute Gasteiger partial charge is 0.478 e. The van der Waals surface area contributed by atoms with Crippen molar-refractivity contribution in [1.29, 1.82) is 0 Å². The summed E-state index contributed by atoms with van der Waals surface area (Å²) in [4.78, 5) is 26.2. The first kappa shape index (κ1) is 20.4. The van der Waals surface area contributed by atoms with E-state index in [1.807, 2.05) is 69.3 Å². The van der Waals surface area contributed by atoms with E-state index in [4.69, 9.17) is 4.42 Å². The minimum Gasteiger partial charge on any atom is -0.478 e. The van der Waals surface area contributed by atoms with Crippen LogP contribution in [0.4, 0.5) is 0 Å². The number of furan rings is 1. The number of carboxylic acids is 1. The molecule has 0 amide bonds. The second-order valence-corrected chi connectivity index (χ2v) is 7.63. The van der Waals surface area contributed by atoms with E-state index in [2.05, 4.69) is 0 Å². The topological polar surface area (TPSA) is 67.5 Å². The second kappa shape index (κ2) is 8.07. The molecule has 0 saturated carbocycles. The molecule has 0 aliphatic rings. The fourth-order valence-corrected chi connectivity index (χ4v) is 3.78. The van der Waals surface area contributed by atoms with Gasteiger partial charge in [-0.05, 0) is 43.5 Å². The number of rotatable bonds is 5. The zero-order valence-corrected chi connectivity index (χ0v) is 17.6. The fourth-order valence-electron chi connectivity index (χ4n) is 3.78. The Morgan fingerprint density at radius 2 is 1.16 bits per heavy atom. The standard InChI is InChI=1S/C27H22O4/c1-16-14-18(3)21(15-17(16)2)24(28)22-23(27(29)30)26(20-12-8-5-9-13-20)31-25(22)19-10-6-4-7-11-19/h4-15H,1-3H3,(H,29,30). The lowest BCUT2D eigenvalue weighted by atomic mass is 9.91. The number of carbonyl (C=O) groups is 2. The van der Waals surface area contributed by atoms with E-state index in [-0.39, 0.29) is 28.4 Å². The summed E-state index contributed by atoms with van der Waals surface area (Å²) in [5, 5.41) is 10.1. The van der Waals surface area contributed by atoms with Gasteiger partial charge in [0.25, 0.3) is 0 Å². The van der Waals surface area contributed by atoms with Crippen molar-refractivity contribution in [3.05, 3.63) is 106 Å². The Labute approximate surface area is 180 Å². The molecule has 3 aromatic carbocycles. The minimum atomic E-state index is -1.20. The summed E-state index contributed by atoms with van der Waals surface area (Å²) in [6, 6.07) is 21.9. The molecule has 0 bridgehead atoms. The van der Waals surface area contributed by atoms with Crippen molar-refractivity contribution in [1.82, 2.24) is 0 Å². The third kappa shape index (κ3) is 3.68. The normalized spacial score (nSPS) is 10.8. The molecule has 0 saturated heterocycles. The molecule has 4 nitrogen and oxygen atoms in total. The number of carboxylic acid groups (broad SMARTS) is 1. The van der Waals surface area contributed by atoms with Gasteiger partial charge in [0.2, 0.25) is 0 Å². The summed E-state index contributed by atoms with van der Waals surface area (Å²) in [5.74, 6) is -1.12. The number of hydrogen-bond donors (Lipinski definition) is 1. The molecule has 1 aromatic heterocycles. The molecule has 0 fully saturated rings. The maximum atomic E-state index is 13.8. The van der Waals surface area contributed by atoms with E-state index in [0.29, 0.717) is 16.7 Å². The molecule has 1 heterocycles. The lowest BCUT2D eigenvalue weighted by Crippen LogP contribution is -2.11. The average Bonchev–Trinajstić information content (AvgIpc) is 3.18. The number of benzene rings is 3. The van der Waals surface area contributed by atoms with Crippen LogP contribution >= 0.6 is 0 Å². The van der Waals surface area contributed by atoms with Crippen molar-refractivity contribution in [2.75, 3.05) is 0 Å². The molecule has 0 aliphatic heterocycles. The number of ketones is 1. The number of aromatic carboxylic acids is 1. The lowest BCUT2D eigenvalue weighted by Gasteiger charge is -2.10. The van der Waals surface area contributed by atoms with E-state index in [9.17, 15) is 14.7 Å². The molecular formula is C27H22O4. The van der Waals surface area contributed by atoms with Crippen LogP contribution in [0.2, 0.25) is 0 Å². The van der Waals surface area contributed by atoms with Gasteiger partial charge < -0.3 is 9.52 Å². The predicted octanol–water partition coefficient (Wildman–Crippen LogP) is 6.47. The van der Waals surface area contributed by atoms with Crippen LogP contribution in [0.1, 0.15) is 43.0 Å². The van der Waals surface area contributed by atoms with E-state index in [1.165, 1.54) is 0 Å². The molecule has 4 rings (SSSR count). The zero-order chi connectivity index (χ0) is 22.1. The summed E-state index contributed by atoms with van der Waals surface area (Å²) in [6.45, 7) is 5.78. The van der Waals surface area contributed by atoms with Gasteiger partial charge >= 0.3 is 5.97 Å². The van der Waals surface area contributed by atoms with Gasteiger partial charge in [0, 0.05) is 16.7 Å². The van der Waals surface area contributed by atoms with Crippen LogP contribution in [-0.2, 0) is 0 Å². The first-order valence-corrected chi connectivity index (χ1v) is 10.0. The molecule has 1 N–H and O–H groups in total. The third-order valence-corrected chi connectivity index (χ3v) is 5.51. The highest BCUT2D eigenvalue weighted by Crippen LogP contribution is 2.39. The quantitative estimate of drug-likeness (QED) is 0.383. The van der Waals surface area contributed by atoms with Crippen molar-refractivity contribution >= 4 is 11.8 Å². The summed E-state index contributed by atoms with van der Waals surface area (Å²) in [7, 11) is 0. The Morgan fingerprint density at radius 1 is 0.677 bits per heavy atom. The molecule has 0 spiro atoms. The first-order chi connectivity index (χ1) is 14.9. The van der Waals surface area contributed by atoms with Gasteiger partial charge in [-0.25, -0.2) is 4.79 Å². The first-order valence-electron chi connectivity index (χ1n) is 10.0. The molecule has 31 heavy (non-hydrogen) atoms. The van der Waals surface area contributed by atoms with Crippen LogP contribution < -0.4 is 0 Å². The summed E-state index contributed by atoms with van der Waals surface area (Å²) in [5.41, 5.74) is 4.53. The SMILES string of the molecule is Cc1cc(C)c(C(=O)c2c(-c3ccccc3)oc(-c3ccccc3)c2C(=O)O)cc1C. The molecule has 4 heteroatoms. The zero-order valence-electron chi connectivity index (χ0n) is 17.6. The number of carbonyl (C=O) groups excluding carboxylic acids is 1. The van der Waals surface area contributed by atoms with E-state index in [1.54, 1.807) is 24.3 Å². The summed E-state index contributed by atoms with van der Waals surface area (Å²) in [6.07, 6.45) is 0. The molecule has 4 aromatic rings. The maximum Gasteiger partial charge on any atom is 0.340 e. The van der Waals surface area contributed by atoms with Gasteiger partial charge in [-0.2, -0.15) is 0 Å². The molecule has 0 aliphatic carbocycles. The van der Waals surface area contributed by atoms with Crippen molar-refractivity contribution < 1.29 is 19.1 Å². The highest BCUT2D eigenvalue weighted by atomic mass is 16.4. The van der Waals surface area contributed by atoms with Crippen LogP contribution in [0.5, 0.6) is 0 Å². The molecule has 0 atom stereocenters. The maximum absolute atomic E-state index is 13.8. The Balaban J connectivity index is 2.04. The van der Waals surface area contributed by atoms with Gasteiger partial charge in [0.05, 0.1) is 5.56 Å². The molecule has 0 radical (unpaired) electrons. The number of hydrogen-bond acceptors (Lipinski definition) is 3. The van der Waals surface area contributed by atoms with Gasteiger partial charge in [0.1, 0.15) is 17.1 Å². The van der Waals surface area contributed by atoms with Crippen LogP contribution in [0.3, 0.4) is 0 Å². The Hall–Kier alpha value is -3.92. The van der Waals surface area contributed by atoms with Gasteiger partial charge in [-0.1, -0.05) is 66.7 Å². The van der Waals surface area contributed by atoms with Crippen molar-refractivity contribution in [2.24, 2.45) is 0 Å². The average molecular weight is 410 g/mol.